The Labute approximate surface area is 158 Å². The van der Waals surface area contributed by atoms with Crippen LogP contribution in [0.3, 0.4) is 0 Å². The first-order chi connectivity index (χ1) is 11.9. The summed E-state index contributed by atoms with van der Waals surface area (Å²) in [5.74, 6) is -0.954. The van der Waals surface area contributed by atoms with E-state index in [9.17, 15) is 13.8 Å². The van der Waals surface area contributed by atoms with Crippen LogP contribution < -0.4 is 0 Å². The van der Waals surface area contributed by atoms with Gasteiger partial charge in [0.25, 0.3) is 5.91 Å². The summed E-state index contributed by atoms with van der Waals surface area (Å²) in [6.07, 6.45) is 1.49. The second kappa shape index (κ2) is 9.12. The molecule has 1 aromatic carbocycles. The Hall–Kier alpha value is -1.70. The van der Waals surface area contributed by atoms with Crippen LogP contribution in [-0.2, 0) is 26.9 Å². The Morgan fingerprint density at radius 1 is 1.24 bits per heavy atom. The van der Waals surface area contributed by atoms with Crippen molar-refractivity contribution in [2.24, 2.45) is 0 Å². The van der Waals surface area contributed by atoms with Gasteiger partial charge in [-0.15, -0.1) is 11.3 Å². The number of rotatable bonds is 7. The van der Waals surface area contributed by atoms with E-state index in [0.717, 1.165) is 4.88 Å². The minimum Gasteiger partial charge on any atom is -0.452 e. The first-order valence-corrected chi connectivity index (χ1v) is 10.3. The Kier molecular flexibility index (Phi) is 7.16. The van der Waals surface area contributed by atoms with Crippen molar-refractivity contribution in [1.29, 1.82) is 0 Å². The molecule has 0 aliphatic rings. The van der Waals surface area contributed by atoms with Gasteiger partial charge in [0, 0.05) is 17.7 Å². The van der Waals surface area contributed by atoms with Crippen molar-refractivity contribution in [1.82, 2.24) is 4.90 Å². The maximum absolute atomic E-state index is 12.3. The maximum atomic E-state index is 12.3. The van der Waals surface area contributed by atoms with Crippen LogP contribution in [0.5, 0.6) is 0 Å². The third-order valence-corrected chi connectivity index (χ3v) is 5.64. The van der Waals surface area contributed by atoms with Gasteiger partial charge in [0.2, 0.25) is 0 Å². The molecule has 134 valence electrons. The molecule has 0 N–H and O–H groups in total. The van der Waals surface area contributed by atoms with Crippen LogP contribution in [0, 0.1) is 0 Å². The van der Waals surface area contributed by atoms with Gasteiger partial charge in [0.1, 0.15) is 0 Å². The summed E-state index contributed by atoms with van der Waals surface area (Å²) in [6.45, 7) is 2.39. The molecule has 0 bridgehead atoms. The lowest BCUT2D eigenvalue weighted by Gasteiger charge is -2.20. The standard InChI is InChI=1S/C17H18ClNO4S2/c1-3-19(10-12-8-9-15(18)24-12)16(20)11-23-17(21)13-6-4-5-7-14(13)25(2)22/h4-9H,3,10-11H2,1-2H3/t25-/m1/s1. The van der Waals surface area contributed by atoms with Gasteiger partial charge >= 0.3 is 5.97 Å². The lowest BCUT2D eigenvalue weighted by molar-refractivity contribution is -0.134. The number of esters is 1. The zero-order valence-electron chi connectivity index (χ0n) is 13.9. The van der Waals surface area contributed by atoms with Gasteiger partial charge in [-0.1, -0.05) is 23.7 Å². The van der Waals surface area contributed by atoms with E-state index in [4.69, 9.17) is 16.3 Å². The van der Waals surface area contributed by atoms with Crippen molar-refractivity contribution in [2.45, 2.75) is 18.4 Å². The van der Waals surface area contributed by atoms with Crippen LogP contribution in [0.15, 0.2) is 41.3 Å². The number of hydrogen-bond acceptors (Lipinski definition) is 5. The van der Waals surface area contributed by atoms with Crippen molar-refractivity contribution < 1.29 is 18.5 Å². The molecule has 0 saturated carbocycles. The van der Waals surface area contributed by atoms with Crippen LogP contribution in [0.4, 0.5) is 0 Å². The van der Waals surface area contributed by atoms with E-state index in [1.54, 1.807) is 29.2 Å². The minimum absolute atomic E-state index is 0.212. The topological polar surface area (TPSA) is 63.7 Å². The van der Waals surface area contributed by atoms with Crippen LogP contribution in [0.25, 0.3) is 0 Å². The number of hydrogen-bond donors (Lipinski definition) is 0. The Balaban J connectivity index is 1.98. The number of amides is 1. The second-order valence-corrected chi connectivity index (χ2v) is 8.29. The van der Waals surface area contributed by atoms with Gasteiger partial charge in [-0.3, -0.25) is 9.00 Å². The van der Waals surface area contributed by atoms with Crippen molar-refractivity contribution in [3.05, 3.63) is 51.2 Å². The number of nitrogens with zero attached hydrogens (tertiary/aromatic N) is 1. The molecule has 2 rings (SSSR count). The largest absolute Gasteiger partial charge is 0.452 e. The first kappa shape index (κ1) is 19.6. The monoisotopic (exact) mass is 399 g/mol. The molecule has 1 amide bonds. The molecular weight excluding hydrogens is 382 g/mol. The molecule has 1 heterocycles. The average molecular weight is 400 g/mol. The quantitative estimate of drug-likeness (QED) is 0.670. The Bertz CT molecular complexity index is 790. The summed E-state index contributed by atoms with van der Waals surface area (Å²) >= 11 is 7.30. The number of thiophene rings is 1. The highest BCUT2D eigenvalue weighted by Crippen LogP contribution is 2.22. The van der Waals surface area contributed by atoms with E-state index in [0.29, 0.717) is 22.3 Å². The van der Waals surface area contributed by atoms with Gasteiger partial charge in [0.15, 0.2) is 6.61 Å². The van der Waals surface area contributed by atoms with Crippen LogP contribution in [0.1, 0.15) is 22.2 Å². The van der Waals surface area contributed by atoms with Crippen molar-refractivity contribution in [3.63, 3.8) is 0 Å². The Morgan fingerprint density at radius 2 is 1.96 bits per heavy atom. The molecule has 0 aliphatic heterocycles. The first-order valence-electron chi connectivity index (χ1n) is 7.54. The fraction of sp³-hybridized carbons (Fsp3) is 0.294. The molecule has 1 aromatic heterocycles. The number of carbonyl (C=O) groups is 2. The molecule has 0 unspecified atom stereocenters. The number of likely N-dealkylation sites (N-methyl/N-ethyl adjacent to an activating group) is 1. The third-order valence-electron chi connectivity index (χ3n) is 3.45. The molecule has 0 radical (unpaired) electrons. The highest BCUT2D eigenvalue weighted by atomic mass is 35.5. The number of halogens is 1. The highest BCUT2D eigenvalue weighted by Gasteiger charge is 2.19. The van der Waals surface area contributed by atoms with Gasteiger partial charge in [0.05, 0.1) is 32.1 Å². The van der Waals surface area contributed by atoms with Gasteiger partial charge in [-0.25, -0.2) is 4.79 Å². The zero-order chi connectivity index (χ0) is 18.4. The summed E-state index contributed by atoms with van der Waals surface area (Å²) in [5.41, 5.74) is 0.212. The summed E-state index contributed by atoms with van der Waals surface area (Å²) in [7, 11) is -1.32. The van der Waals surface area contributed by atoms with E-state index in [2.05, 4.69) is 0 Å². The fourth-order valence-corrected chi connectivity index (χ4v) is 4.02. The lowest BCUT2D eigenvalue weighted by Crippen LogP contribution is -2.34. The summed E-state index contributed by atoms with van der Waals surface area (Å²) in [6, 6.07) is 10.1. The van der Waals surface area contributed by atoms with Gasteiger partial charge < -0.3 is 9.64 Å². The highest BCUT2D eigenvalue weighted by molar-refractivity contribution is 7.84. The van der Waals surface area contributed by atoms with Crippen molar-refractivity contribution in [2.75, 3.05) is 19.4 Å². The zero-order valence-corrected chi connectivity index (χ0v) is 16.2. The van der Waals surface area contributed by atoms with Crippen molar-refractivity contribution >= 4 is 45.6 Å². The molecule has 8 heteroatoms. The van der Waals surface area contributed by atoms with Crippen molar-refractivity contribution in [3.8, 4) is 0 Å². The molecular formula is C17H18ClNO4S2. The fourth-order valence-electron chi connectivity index (χ4n) is 2.18. The van der Waals surface area contributed by atoms with E-state index in [1.165, 1.54) is 23.7 Å². The molecule has 0 spiro atoms. The predicted octanol–water partition coefficient (Wildman–Crippen LogP) is 3.34. The smallest absolute Gasteiger partial charge is 0.339 e. The average Bonchev–Trinajstić information content (AvgIpc) is 3.02. The Morgan fingerprint density at radius 3 is 2.56 bits per heavy atom. The van der Waals surface area contributed by atoms with Crippen LogP contribution in [-0.4, -0.2) is 40.4 Å². The maximum Gasteiger partial charge on any atom is 0.339 e. The normalized spacial score (nSPS) is 11.8. The molecule has 0 saturated heterocycles. The van der Waals surface area contributed by atoms with Gasteiger partial charge in [-0.05, 0) is 31.2 Å². The van der Waals surface area contributed by atoms with Crippen LogP contribution in [0.2, 0.25) is 4.34 Å². The number of ether oxygens (including phenoxy) is 1. The SMILES string of the molecule is CCN(Cc1ccc(Cl)s1)C(=O)COC(=O)c1ccccc1[S@@](C)=O. The summed E-state index contributed by atoms with van der Waals surface area (Å²) in [4.78, 5) is 27.4. The molecule has 0 fully saturated rings. The van der Waals surface area contributed by atoms with E-state index >= 15 is 0 Å². The third kappa shape index (κ3) is 5.39. The van der Waals surface area contributed by atoms with Gasteiger partial charge in [-0.2, -0.15) is 0 Å². The van der Waals surface area contributed by atoms with E-state index in [-0.39, 0.29) is 18.1 Å². The second-order valence-electron chi connectivity index (χ2n) is 5.14. The lowest BCUT2D eigenvalue weighted by atomic mass is 10.2. The molecule has 2 aromatic rings. The number of benzene rings is 1. The summed E-state index contributed by atoms with van der Waals surface area (Å²) < 4.78 is 17.5. The molecule has 5 nitrogen and oxygen atoms in total. The minimum atomic E-state index is -1.32. The van der Waals surface area contributed by atoms with E-state index in [1.807, 2.05) is 13.0 Å². The molecule has 25 heavy (non-hydrogen) atoms. The number of carbonyl (C=O) groups excluding carboxylic acids is 2. The molecule has 0 aliphatic carbocycles. The predicted molar refractivity (Wildman–Crippen MR) is 99.5 cm³/mol. The van der Waals surface area contributed by atoms with Crippen LogP contribution >= 0.6 is 22.9 Å². The van der Waals surface area contributed by atoms with E-state index < -0.39 is 16.8 Å². The summed E-state index contributed by atoms with van der Waals surface area (Å²) in [5, 5.41) is 0. The molecule has 1 atom stereocenters.